The van der Waals surface area contributed by atoms with Gasteiger partial charge in [0.15, 0.2) is 0 Å². The zero-order chi connectivity index (χ0) is 21.4. The zero-order valence-electron chi connectivity index (χ0n) is 16.8. The van der Waals surface area contributed by atoms with Gasteiger partial charge in [0, 0.05) is 72.2 Å². The van der Waals surface area contributed by atoms with Gasteiger partial charge in [0.2, 0.25) is 5.95 Å². The summed E-state index contributed by atoms with van der Waals surface area (Å²) in [7, 11) is 1.88. The summed E-state index contributed by atoms with van der Waals surface area (Å²) in [6, 6.07) is 7.51. The van der Waals surface area contributed by atoms with E-state index in [1.54, 1.807) is 29.3 Å². The van der Waals surface area contributed by atoms with Crippen LogP contribution in [0.15, 0.2) is 61.4 Å². The minimum Gasteiger partial charge on any atom is -0.388 e. The molecule has 0 saturated heterocycles. The van der Waals surface area contributed by atoms with Crippen molar-refractivity contribution in [1.29, 1.82) is 0 Å². The molecule has 1 unspecified atom stereocenters. The lowest BCUT2D eigenvalue weighted by Crippen LogP contribution is -2.07. The van der Waals surface area contributed by atoms with Crippen molar-refractivity contribution in [3.05, 3.63) is 72.7 Å². The van der Waals surface area contributed by atoms with Crippen LogP contribution in [-0.4, -0.2) is 39.8 Å². The van der Waals surface area contributed by atoms with Gasteiger partial charge in [0.1, 0.15) is 5.65 Å². The van der Waals surface area contributed by atoms with Crippen molar-refractivity contribution < 1.29 is 5.11 Å². The van der Waals surface area contributed by atoms with Crippen LogP contribution in [0.25, 0.3) is 33.4 Å². The monoisotopic (exact) mass is 412 g/mol. The molecule has 5 aromatic rings. The highest BCUT2D eigenvalue weighted by Gasteiger charge is 2.15. The number of aliphatic hydroxyl groups excluding tert-OH is 1. The van der Waals surface area contributed by atoms with Crippen molar-refractivity contribution in [2.75, 3.05) is 5.73 Å². The van der Waals surface area contributed by atoms with Crippen molar-refractivity contribution in [3.63, 3.8) is 0 Å². The van der Waals surface area contributed by atoms with Gasteiger partial charge in [0.25, 0.3) is 0 Å². The highest BCUT2D eigenvalue weighted by Crippen LogP contribution is 2.31. The summed E-state index contributed by atoms with van der Waals surface area (Å²) in [5.74, 6) is 0.150. The minimum atomic E-state index is -0.738. The van der Waals surface area contributed by atoms with Crippen molar-refractivity contribution in [3.8, 4) is 22.4 Å². The molecule has 0 aliphatic carbocycles. The summed E-state index contributed by atoms with van der Waals surface area (Å²) in [5, 5.41) is 15.7. The third-order valence-electron chi connectivity index (χ3n) is 5.11. The Bertz CT molecular complexity index is 1360. The fraction of sp³-hybridized carbons (Fsp3) is 0.136. The van der Waals surface area contributed by atoms with Crippen molar-refractivity contribution in [2.45, 2.75) is 12.5 Å². The standard InChI is InChI=1S/C22H20N8O/c1-30-12-15(10-27-30)14-5-17-18(11-26-21(17)25-9-14)19-6-16(28-22(23)29-19)7-20(31)13-3-2-4-24-8-13/h2-6,8-12,20,31H,7H2,1H3,(H,25,26)(H2,23,28,29). The lowest BCUT2D eigenvalue weighted by atomic mass is 10.0. The van der Waals surface area contributed by atoms with Gasteiger partial charge >= 0.3 is 0 Å². The van der Waals surface area contributed by atoms with Crippen LogP contribution in [-0.2, 0) is 13.5 Å². The molecule has 0 amide bonds. The summed E-state index contributed by atoms with van der Waals surface area (Å²) < 4.78 is 1.75. The number of nitrogens with zero attached hydrogens (tertiary/aromatic N) is 6. The number of aromatic nitrogens is 7. The number of H-pyrrole nitrogens is 1. The third-order valence-corrected chi connectivity index (χ3v) is 5.11. The largest absolute Gasteiger partial charge is 0.388 e. The fourth-order valence-corrected chi connectivity index (χ4v) is 3.59. The predicted octanol–water partition coefficient (Wildman–Crippen LogP) is 2.67. The fourth-order valence-electron chi connectivity index (χ4n) is 3.59. The first-order valence-electron chi connectivity index (χ1n) is 9.75. The molecule has 5 heterocycles. The van der Waals surface area contributed by atoms with E-state index in [-0.39, 0.29) is 5.95 Å². The van der Waals surface area contributed by atoms with Gasteiger partial charge in [-0.3, -0.25) is 9.67 Å². The van der Waals surface area contributed by atoms with Gasteiger partial charge < -0.3 is 15.8 Å². The Balaban J connectivity index is 1.52. The maximum Gasteiger partial charge on any atom is 0.220 e. The SMILES string of the molecule is Cn1cc(-c2cnc3[nH]cc(-c4cc(CC(O)c5cccnc5)nc(N)n4)c3c2)cn1. The van der Waals surface area contributed by atoms with Gasteiger partial charge in [-0.05, 0) is 23.8 Å². The quantitative estimate of drug-likeness (QED) is 0.404. The number of nitrogen functional groups attached to an aromatic ring is 1. The summed E-state index contributed by atoms with van der Waals surface area (Å²) >= 11 is 0. The van der Waals surface area contributed by atoms with E-state index in [1.165, 1.54) is 0 Å². The highest BCUT2D eigenvalue weighted by molar-refractivity contribution is 5.95. The number of rotatable bonds is 5. The van der Waals surface area contributed by atoms with Crippen LogP contribution in [0.5, 0.6) is 0 Å². The van der Waals surface area contributed by atoms with E-state index in [9.17, 15) is 5.11 Å². The van der Waals surface area contributed by atoms with E-state index in [2.05, 4.69) is 30.0 Å². The average molecular weight is 412 g/mol. The van der Waals surface area contributed by atoms with Gasteiger partial charge in [-0.1, -0.05) is 6.07 Å². The third kappa shape index (κ3) is 3.74. The Morgan fingerprint density at radius 1 is 1.16 bits per heavy atom. The number of fused-ring (bicyclic) bond motifs is 1. The maximum atomic E-state index is 10.6. The van der Waals surface area contributed by atoms with Gasteiger partial charge in [0.05, 0.1) is 18.0 Å². The Kier molecular flexibility index (Phi) is 4.64. The number of hydrogen-bond acceptors (Lipinski definition) is 7. The first-order chi connectivity index (χ1) is 15.1. The summed E-state index contributed by atoms with van der Waals surface area (Å²) in [6.45, 7) is 0. The molecule has 154 valence electrons. The van der Waals surface area contributed by atoms with Crippen LogP contribution in [0.2, 0.25) is 0 Å². The molecule has 9 nitrogen and oxygen atoms in total. The molecule has 0 bridgehead atoms. The smallest absolute Gasteiger partial charge is 0.220 e. The first kappa shape index (κ1) is 18.9. The van der Waals surface area contributed by atoms with E-state index in [1.807, 2.05) is 43.8 Å². The Labute approximate surface area is 177 Å². The van der Waals surface area contributed by atoms with Crippen LogP contribution in [0.3, 0.4) is 0 Å². The number of nitrogens with one attached hydrogen (secondary N) is 1. The molecule has 0 spiro atoms. The molecule has 5 rings (SSSR count). The molecule has 5 aromatic heterocycles. The molecule has 9 heteroatoms. The van der Waals surface area contributed by atoms with E-state index < -0.39 is 6.10 Å². The highest BCUT2D eigenvalue weighted by atomic mass is 16.3. The molecule has 1 atom stereocenters. The second-order valence-electron chi connectivity index (χ2n) is 7.33. The number of aryl methyl sites for hydroxylation is 1. The van der Waals surface area contributed by atoms with E-state index >= 15 is 0 Å². The average Bonchev–Trinajstić information content (AvgIpc) is 3.39. The molecule has 0 aliphatic rings. The summed E-state index contributed by atoms with van der Waals surface area (Å²) in [5.41, 5.74) is 11.6. The predicted molar refractivity (Wildman–Crippen MR) is 117 cm³/mol. The molecule has 0 fully saturated rings. The topological polar surface area (TPSA) is 131 Å². The number of pyridine rings is 2. The van der Waals surface area contributed by atoms with Crippen molar-refractivity contribution >= 4 is 17.0 Å². The number of anilines is 1. The lowest BCUT2D eigenvalue weighted by Gasteiger charge is -2.11. The van der Waals surface area contributed by atoms with Gasteiger partial charge in [-0.15, -0.1) is 0 Å². The molecular weight excluding hydrogens is 392 g/mol. The van der Waals surface area contributed by atoms with Crippen molar-refractivity contribution in [2.24, 2.45) is 7.05 Å². The molecule has 0 saturated carbocycles. The first-order valence-corrected chi connectivity index (χ1v) is 9.75. The molecule has 4 N–H and O–H groups in total. The van der Waals surface area contributed by atoms with E-state index in [0.717, 1.165) is 33.3 Å². The Morgan fingerprint density at radius 3 is 2.84 bits per heavy atom. The molecule has 31 heavy (non-hydrogen) atoms. The van der Waals surface area contributed by atoms with Crippen molar-refractivity contribution in [1.82, 2.24) is 34.7 Å². The number of aliphatic hydroxyl groups is 1. The maximum absolute atomic E-state index is 10.6. The number of aromatic amines is 1. The Hall–Kier alpha value is -4.11. The Morgan fingerprint density at radius 2 is 2.06 bits per heavy atom. The normalized spacial score (nSPS) is 12.3. The molecule has 0 radical (unpaired) electrons. The lowest BCUT2D eigenvalue weighted by molar-refractivity contribution is 0.177. The van der Waals surface area contributed by atoms with E-state index in [0.29, 0.717) is 17.8 Å². The van der Waals surface area contributed by atoms with Crippen LogP contribution in [0.4, 0.5) is 5.95 Å². The minimum absolute atomic E-state index is 0.150. The van der Waals surface area contributed by atoms with Gasteiger partial charge in [-0.25, -0.2) is 15.0 Å². The summed E-state index contributed by atoms with van der Waals surface area (Å²) in [4.78, 5) is 20.5. The number of nitrogens with two attached hydrogens (primary N) is 1. The molecular formula is C22H20N8O. The zero-order valence-corrected chi connectivity index (χ0v) is 16.8. The van der Waals surface area contributed by atoms with Crippen LogP contribution in [0.1, 0.15) is 17.4 Å². The second-order valence-corrected chi connectivity index (χ2v) is 7.33. The second kappa shape index (κ2) is 7.62. The van der Waals surface area contributed by atoms with Crippen LogP contribution >= 0.6 is 0 Å². The molecule has 0 aliphatic heterocycles. The van der Waals surface area contributed by atoms with E-state index in [4.69, 9.17) is 5.73 Å². The number of hydrogen-bond donors (Lipinski definition) is 3. The van der Waals surface area contributed by atoms with Crippen LogP contribution < -0.4 is 5.73 Å². The summed E-state index contributed by atoms with van der Waals surface area (Å²) in [6.07, 6.45) is 10.3. The van der Waals surface area contributed by atoms with Gasteiger partial charge in [-0.2, -0.15) is 5.10 Å². The molecule has 0 aromatic carbocycles. The van der Waals surface area contributed by atoms with Crippen LogP contribution in [0, 0.1) is 0 Å².